The van der Waals surface area contributed by atoms with Crippen LogP contribution < -0.4 is 5.73 Å². The third-order valence-electron chi connectivity index (χ3n) is 0.910. The smallest absolute Gasteiger partial charge is 0.192 e. The van der Waals surface area contributed by atoms with Crippen molar-refractivity contribution >= 4 is 41.2 Å². The first-order valence-electron chi connectivity index (χ1n) is 2.36. The fraction of sp³-hybridized carbons (Fsp3) is 0.750. The van der Waals surface area contributed by atoms with E-state index in [1.807, 2.05) is 7.05 Å². The number of nitrogens with two attached hydrogens (primary N) is 1. The van der Waals surface area contributed by atoms with Gasteiger partial charge < -0.3 is 10.6 Å². The lowest BCUT2D eigenvalue weighted by atomic mass is 10.8. The number of halogens is 1. The summed E-state index contributed by atoms with van der Waals surface area (Å²) in [5.41, 5.74) is 5.44. The molecule has 0 rings (SSSR count). The molecule has 0 aromatic rings. The first kappa shape index (κ1) is 9.35. The first-order chi connectivity index (χ1) is 4.09. The molecule has 0 aromatic carbocycles. The van der Waals surface area contributed by atoms with Gasteiger partial charge in [0.1, 0.15) is 3.38 Å². The van der Waals surface area contributed by atoms with Gasteiger partial charge in [-0.3, -0.25) is 4.99 Å². The molecule has 0 radical (unpaired) electrons. The predicted molar refractivity (Wildman–Crippen MR) is 52.1 cm³/mol. The molecule has 3 nitrogen and oxygen atoms in total. The summed E-state index contributed by atoms with van der Waals surface area (Å²) in [6.45, 7) is 0. The largest absolute Gasteiger partial charge is 0.370 e. The van der Waals surface area contributed by atoms with Crippen molar-refractivity contribution in [2.45, 2.75) is 3.38 Å². The highest BCUT2D eigenvalue weighted by molar-refractivity contribution is 14.1. The lowest BCUT2D eigenvalue weighted by molar-refractivity contribution is 0.577. The van der Waals surface area contributed by atoms with Crippen molar-refractivity contribution in [3.05, 3.63) is 0 Å². The number of rotatable bonds is 1. The third-order valence-corrected chi connectivity index (χ3v) is 2.09. The zero-order valence-corrected chi connectivity index (χ0v) is 8.43. The molecular formula is C4H10IN3S. The Hall–Kier alpha value is 0.350. The molecule has 54 valence electrons. The fourth-order valence-electron chi connectivity index (χ4n) is 0.267. The van der Waals surface area contributed by atoms with Gasteiger partial charge in [-0.2, -0.15) is 0 Å². The maximum atomic E-state index is 5.44. The average molecular weight is 259 g/mol. The molecule has 0 aliphatic heterocycles. The van der Waals surface area contributed by atoms with Crippen LogP contribution in [0.15, 0.2) is 4.99 Å². The number of hydrogen-bond donors (Lipinski definition) is 2. The van der Waals surface area contributed by atoms with Crippen LogP contribution in [0, 0.1) is 0 Å². The molecule has 1 unspecified atom stereocenters. The number of nitrogens with zero attached hydrogens (tertiary/aromatic N) is 2. The number of hydrogen-bond acceptors (Lipinski definition) is 2. The zero-order valence-electron chi connectivity index (χ0n) is 5.37. The van der Waals surface area contributed by atoms with E-state index < -0.39 is 0 Å². The van der Waals surface area contributed by atoms with Crippen LogP contribution in [0.5, 0.6) is 0 Å². The van der Waals surface area contributed by atoms with E-state index in [1.54, 1.807) is 11.9 Å². The van der Waals surface area contributed by atoms with Gasteiger partial charge >= 0.3 is 0 Å². The summed E-state index contributed by atoms with van der Waals surface area (Å²) >= 11 is 6.27. The summed E-state index contributed by atoms with van der Waals surface area (Å²) in [5.74, 6) is 0.504. The second kappa shape index (κ2) is 4.21. The zero-order chi connectivity index (χ0) is 7.44. The molecule has 0 aliphatic carbocycles. The lowest BCUT2D eigenvalue weighted by Gasteiger charge is -2.19. The van der Waals surface area contributed by atoms with Crippen LogP contribution in [0.1, 0.15) is 0 Å². The number of guanidine groups is 1. The number of thiol groups is 1. The average Bonchev–Trinajstić information content (AvgIpc) is 1.84. The van der Waals surface area contributed by atoms with Gasteiger partial charge in [-0.25, -0.2) is 0 Å². The summed E-state index contributed by atoms with van der Waals surface area (Å²) in [6.07, 6.45) is 0. The van der Waals surface area contributed by atoms with E-state index in [1.165, 1.54) is 0 Å². The minimum Gasteiger partial charge on any atom is -0.370 e. The van der Waals surface area contributed by atoms with Crippen molar-refractivity contribution in [2.24, 2.45) is 10.7 Å². The van der Waals surface area contributed by atoms with Crippen LogP contribution in [0.4, 0.5) is 0 Å². The van der Waals surface area contributed by atoms with E-state index in [2.05, 4.69) is 40.2 Å². The van der Waals surface area contributed by atoms with Crippen molar-refractivity contribution in [3.8, 4) is 0 Å². The van der Waals surface area contributed by atoms with Gasteiger partial charge in [0.2, 0.25) is 0 Å². The Bertz CT molecular complexity index is 114. The highest BCUT2D eigenvalue weighted by atomic mass is 127. The topological polar surface area (TPSA) is 41.6 Å². The molecule has 0 aliphatic rings. The Morgan fingerprint density at radius 3 is 2.44 bits per heavy atom. The Labute approximate surface area is 74.2 Å². The van der Waals surface area contributed by atoms with E-state index in [-0.39, 0.29) is 3.38 Å². The minimum absolute atomic E-state index is 0.0892. The molecule has 9 heavy (non-hydrogen) atoms. The van der Waals surface area contributed by atoms with E-state index in [0.29, 0.717) is 5.96 Å². The van der Waals surface area contributed by atoms with Crippen LogP contribution in [0.3, 0.4) is 0 Å². The highest BCUT2D eigenvalue weighted by Gasteiger charge is 2.05. The van der Waals surface area contributed by atoms with Gasteiger partial charge in [0.05, 0.1) is 0 Å². The number of aliphatic imine (C=N–C) groups is 1. The molecule has 0 amide bonds. The van der Waals surface area contributed by atoms with E-state index in [9.17, 15) is 0 Å². The molecule has 0 spiro atoms. The van der Waals surface area contributed by atoms with Crippen molar-refractivity contribution in [2.75, 3.05) is 14.1 Å². The van der Waals surface area contributed by atoms with Crippen LogP contribution in [-0.4, -0.2) is 28.3 Å². The second-order valence-corrected chi connectivity index (χ2v) is 4.16. The van der Waals surface area contributed by atoms with Gasteiger partial charge in [0.15, 0.2) is 5.96 Å². The van der Waals surface area contributed by atoms with E-state index >= 15 is 0 Å². The molecule has 0 heterocycles. The Kier molecular flexibility index (Phi) is 4.37. The van der Waals surface area contributed by atoms with Gasteiger partial charge in [0, 0.05) is 14.1 Å². The summed E-state index contributed by atoms with van der Waals surface area (Å²) in [5, 5.41) is 0. The van der Waals surface area contributed by atoms with Gasteiger partial charge in [-0.1, -0.05) is 0 Å². The molecule has 0 fully saturated rings. The molecule has 0 bridgehead atoms. The quantitative estimate of drug-likeness (QED) is 0.137. The second-order valence-electron chi connectivity index (χ2n) is 1.50. The lowest BCUT2D eigenvalue weighted by Crippen LogP contribution is -2.36. The summed E-state index contributed by atoms with van der Waals surface area (Å²) in [6, 6.07) is 0. The molecule has 0 aromatic heterocycles. The summed E-state index contributed by atoms with van der Waals surface area (Å²) in [4.78, 5) is 5.54. The van der Waals surface area contributed by atoms with Crippen LogP contribution in [0.2, 0.25) is 0 Å². The van der Waals surface area contributed by atoms with Crippen molar-refractivity contribution in [1.82, 2.24) is 4.90 Å². The number of alkyl halides is 1. The maximum absolute atomic E-state index is 5.44. The Morgan fingerprint density at radius 2 is 2.33 bits per heavy atom. The van der Waals surface area contributed by atoms with E-state index in [4.69, 9.17) is 5.73 Å². The third kappa shape index (κ3) is 3.14. The van der Waals surface area contributed by atoms with Gasteiger partial charge in [-0.05, 0) is 22.6 Å². The van der Waals surface area contributed by atoms with Crippen LogP contribution in [0.25, 0.3) is 0 Å². The van der Waals surface area contributed by atoms with Crippen molar-refractivity contribution in [3.63, 3.8) is 0 Å². The molecule has 1 atom stereocenters. The van der Waals surface area contributed by atoms with Crippen LogP contribution in [-0.2, 0) is 0 Å². The monoisotopic (exact) mass is 259 g/mol. The summed E-state index contributed by atoms with van der Waals surface area (Å²) < 4.78 is 0.0892. The minimum atomic E-state index is 0.0892. The molecule has 0 saturated carbocycles. The van der Waals surface area contributed by atoms with Gasteiger partial charge in [0.25, 0.3) is 0 Å². The van der Waals surface area contributed by atoms with Crippen molar-refractivity contribution in [1.29, 1.82) is 0 Å². The van der Waals surface area contributed by atoms with Crippen LogP contribution >= 0.6 is 35.2 Å². The standard InChI is InChI=1S/C4H10IN3S/c1-7-4(6)8(2)3(5)9/h3,9H,1-2H3,(H2,6,7). The Balaban J connectivity index is 3.88. The molecule has 5 heteroatoms. The first-order valence-corrected chi connectivity index (χ1v) is 4.13. The molecular weight excluding hydrogens is 249 g/mol. The predicted octanol–water partition coefficient (Wildman–Crippen LogP) is 0.511. The highest BCUT2D eigenvalue weighted by Crippen LogP contribution is 2.08. The van der Waals surface area contributed by atoms with E-state index in [0.717, 1.165) is 0 Å². The fourth-order valence-corrected chi connectivity index (χ4v) is 0.671. The molecule has 2 N–H and O–H groups in total. The van der Waals surface area contributed by atoms with Crippen molar-refractivity contribution < 1.29 is 0 Å². The summed E-state index contributed by atoms with van der Waals surface area (Å²) in [7, 11) is 3.49. The Morgan fingerprint density at radius 1 is 1.89 bits per heavy atom. The SMILES string of the molecule is C/N=C(/N)N(C)C(S)I. The van der Waals surface area contributed by atoms with Gasteiger partial charge in [-0.15, -0.1) is 12.6 Å². The maximum Gasteiger partial charge on any atom is 0.192 e. The molecule has 0 saturated heterocycles. The normalized spacial score (nSPS) is 15.3.